The first-order valence-corrected chi connectivity index (χ1v) is 8.62. The monoisotopic (exact) mass is 373 g/mol. The molecular formula is C19H15N7O2. The maximum Gasteiger partial charge on any atom is 0.302 e. The Kier molecular flexibility index (Phi) is 3.48. The van der Waals surface area contributed by atoms with E-state index in [-0.39, 0.29) is 11.6 Å². The zero-order valence-corrected chi connectivity index (χ0v) is 15.1. The number of benzene rings is 1. The molecule has 5 rings (SSSR count). The van der Waals surface area contributed by atoms with Gasteiger partial charge in [0.25, 0.3) is 5.56 Å². The average molecular weight is 373 g/mol. The second-order valence-electron chi connectivity index (χ2n) is 6.44. The number of hydrogen-bond acceptors (Lipinski definition) is 6. The van der Waals surface area contributed by atoms with E-state index in [0.29, 0.717) is 28.0 Å². The van der Waals surface area contributed by atoms with Crippen molar-refractivity contribution in [3.05, 3.63) is 58.5 Å². The Morgan fingerprint density at radius 3 is 2.75 bits per heavy atom. The molecule has 0 radical (unpaired) electrons. The Morgan fingerprint density at radius 1 is 1.04 bits per heavy atom. The fourth-order valence-corrected chi connectivity index (χ4v) is 3.13. The molecule has 0 aliphatic rings. The first-order chi connectivity index (χ1) is 13.6. The largest absolute Gasteiger partial charge is 0.425 e. The topological polar surface area (TPSA) is 125 Å². The number of rotatable bonds is 3. The lowest BCUT2D eigenvalue weighted by atomic mass is 10.2. The zero-order chi connectivity index (χ0) is 19.3. The first kappa shape index (κ1) is 16.2. The maximum absolute atomic E-state index is 12.5. The number of aryl methyl sites for hydroxylation is 2. The van der Waals surface area contributed by atoms with Crippen molar-refractivity contribution in [3.63, 3.8) is 0 Å². The predicted octanol–water partition coefficient (Wildman–Crippen LogP) is 2.99. The molecule has 0 atom stereocenters. The molecule has 0 spiro atoms. The van der Waals surface area contributed by atoms with Crippen LogP contribution in [0.3, 0.4) is 0 Å². The summed E-state index contributed by atoms with van der Waals surface area (Å²) in [4.78, 5) is 31.4. The van der Waals surface area contributed by atoms with E-state index in [0.717, 1.165) is 22.4 Å². The van der Waals surface area contributed by atoms with Crippen LogP contribution in [0.15, 0.2) is 41.5 Å². The Morgan fingerprint density at radius 2 is 1.93 bits per heavy atom. The van der Waals surface area contributed by atoms with E-state index in [1.165, 1.54) is 0 Å². The van der Waals surface area contributed by atoms with Crippen LogP contribution in [0.1, 0.15) is 11.5 Å². The van der Waals surface area contributed by atoms with E-state index in [1.807, 2.05) is 19.9 Å². The van der Waals surface area contributed by atoms with Gasteiger partial charge in [0.2, 0.25) is 0 Å². The standard InChI is InChI=1S/C19H15N7O2/c1-9-12-4-3-11(7-14(12)26-25-9)28-19-23-16-13(18(27)24-19)5-6-20-17(16)15-8-21-10(2)22-15/h3-8H,1-2H3,(H,21,22)(H,25,26)(H,23,24,27). The quantitative estimate of drug-likeness (QED) is 0.446. The molecule has 138 valence electrons. The minimum atomic E-state index is -0.309. The average Bonchev–Trinajstić information content (AvgIpc) is 3.27. The Labute approximate surface area is 157 Å². The fraction of sp³-hybridized carbons (Fsp3) is 0.105. The highest BCUT2D eigenvalue weighted by Gasteiger charge is 2.14. The normalized spacial score (nSPS) is 11.4. The third-order valence-corrected chi connectivity index (χ3v) is 4.49. The summed E-state index contributed by atoms with van der Waals surface area (Å²) in [7, 11) is 0. The molecule has 0 unspecified atom stereocenters. The molecule has 9 nitrogen and oxygen atoms in total. The summed E-state index contributed by atoms with van der Waals surface area (Å²) < 4.78 is 5.81. The first-order valence-electron chi connectivity index (χ1n) is 8.62. The van der Waals surface area contributed by atoms with Gasteiger partial charge in [0.1, 0.15) is 22.8 Å². The summed E-state index contributed by atoms with van der Waals surface area (Å²) in [5.74, 6) is 1.27. The Bertz CT molecular complexity index is 1400. The third-order valence-electron chi connectivity index (χ3n) is 4.49. The number of pyridine rings is 1. The number of nitrogens with zero attached hydrogens (tertiary/aromatic N) is 4. The van der Waals surface area contributed by atoms with Crippen LogP contribution in [-0.2, 0) is 0 Å². The van der Waals surface area contributed by atoms with Crippen LogP contribution in [0.4, 0.5) is 0 Å². The molecule has 0 fully saturated rings. The smallest absolute Gasteiger partial charge is 0.302 e. The van der Waals surface area contributed by atoms with Crippen molar-refractivity contribution in [1.82, 2.24) is 35.1 Å². The second kappa shape index (κ2) is 6.02. The number of ether oxygens (including phenoxy) is 1. The van der Waals surface area contributed by atoms with Gasteiger partial charge in [-0.3, -0.25) is 19.9 Å². The van der Waals surface area contributed by atoms with Crippen LogP contribution >= 0.6 is 0 Å². The molecule has 28 heavy (non-hydrogen) atoms. The van der Waals surface area contributed by atoms with Crippen molar-refractivity contribution >= 4 is 21.8 Å². The van der Waals surface area contributed by atoms with Gasteiger partial charge < -0.3 is 9.72 Å². The molecule has 0 aliphatic carbocycles. The Hall–Kier alpha value is -4.01. The van der Waals surface area contributed by atoms with E-state index < -0.39 is 0 Å². The molecule has 0 aliphatic heterocycles. The summed E-state index contributed by atoms with van der Waals surface area (Å²) in [6.45, 7) is 3.79. The van der Waals surface area contributed by atoms with Gasteiger partial charge >= 0.3 is 6.01 Å². The summed E-state index contributed by atoms with van der Waals surface area (Å²) in [6, 6.07) is 7.19. The van der Waals surface area contributed by atoms with Gasteiger partial charge in [0.05, 0.1) is 22.8 Å². The molecule has 3 N–H and O–H groups in total. The second-order valence-corrected chi connectivity index (χ2v) is 6.44. The van der Waals surface area contributed by atoms with Gasteiger partial charge in [0.15, 0.2) is 0 Å². The number of imidazole rings is 1. The Balaban J connectivity index is 1.62. The van der Waals surface area contributed by atoms with Gasteiger partial charge in [0, 0.05) is 23.3 Å². The van der Waals surface area contributed by atoms with Gasteiger partial charge in [-0.2, -0.15) is 10.1 Å². The van der Waals surface area contributed by atoms with Crippen LogP contribution in [-0.4, -0.2) is 35.1 Å². The van der Waals surface area contributed by atoms with Crippen molar-refractivity contribution in [2.75, 3.05) is 0 Å². The summed E-state index contributed by atoms with van der Waals surface area (Å²) in [6.07, 6.45) is 3.23. The van der Waals surface area contributed by atoms with E-state index in [9.17, 15) is 4.79 Å². The molecule has 4 heterocycles. The van der Waals surface area contributed by atoms with Gasteiger partial charge in [-0.25, -0.2) is 4.98 Å². The van der Waals surface area contributed by atoms with Gasteiger partial charge in [-0.1, -0.05) is 0 Å². The summed E-state index contributed by atoms with van der Waals surface area (Å²) in [5, 5.41) is 8.58. The van der Waals surface area contributed by atoms with E-state index >= 15 is 0 Å². The van der Waals surface area contributed by atoms with Crippen LogP contribution in [0.5, 0.6) is 11.8 Å². The van der Waals surface area contributed by atoms with Crippen molar-refractivity contribution in [3.8, 4) is 23.1 Å². The molecule has 9 heteroatoms. The molecule has 0 bridgehead atoms. The van der Waals surface area contributed by atoms with Crippen LogP contribution in [0, 0.1) is 13.8 Å². The number of fused-ring (bicyclic) bond motifs is 2. The lowest BCUT2D eigenvalue weighted by Crippen LogP contribution is -2.10. The minimum absolute atomic E-state index is 0.0783. The van der Waals surface area contributed by atoms with E-state index in [2.05, 4.69) is 35.1 Å². The van der Waals surface area contributed by atoms with Crippen LogP contribution < -0.4 is 10.3 Å². The number of aromatic nitrogens is 7. The highest BCUT2D eigenvalue weighted by Crippen LogP contribution is 2.26. The molecule has 1 aromatic carbocycles. The minimum Gasteiger partial charge on any atom is -0.425 e. The van der Waals surface area contributed by atoms with Gasteiger partial charge in [-0.15, -0.1) is 0 Å². The summed E-state index contributed by atoms with van der Waals surface area (Å²) >= 11 is 0. The lowest BCUT2D eigenvalue weighted by Gasteiger charge is -2.07. The molecular weight excluding hydrogens is 358 g/mol. The number of aromatic amines is 3. The van der Waals surface area contributed by atoms with Crippen LogP contribution in [0.25, 0.3) is 33.2 Å². The van der Waals surface area contributed by atoms with E-state index in [1.54, 1.807) is 30.6 Å². The number of hydrogen-bond donors (Lipinski definition) is 3. The SMILES string of the molecule is Cc1ncc(-c2nccc3c(=O)[nH]c(Oc4ccc5c(C)[nH]nc5c4)nc23)[nH]1. The molecule has 0 saturated heterocycles. The van der Waals surface area contributed by atoms with Crippen molar-refractivity contribution in [2.24, 2.45) is 0 Å². The van der Waals surface area contributed by atoms with Gasteiger partial charge in [-0.05, 0) is 32.0 Å². The predicted molar refractivity (Wildman–Crippen MR) is 103 cm³/mol. The van der Waals surface area contributed by atoms with Crippen molar-refractivity contribution < 1.29 is 4.74 Å². The lowest BCUT2D eigenvalue weighted by molar-refractivity contribution is 0.443. The molecule has 0 amide bonds. The molecule has 0 saturated carbocycles. The van der Waals surface area contributed by atoms with Crippen molar-refractivity contribution in [1.29, 1.82) is 0 Å². The summed E-state index contributed by atoms with van der Waals surface area (Å²) in [5.41, 5.74) is 3.09. The fourth-order valence-electron chi connectivity index (χ4n) is 3.13. The highest BCUT2D eigenvalue weighted by atomic mass is 16.5. The highest BCUT2D eigenvalue weighted by molar-refractivity contribution is 5.89. The number of H-pyrrole nitrogens is 3. The molecule has 5 aromatic rings. The zero-order valence-electron chi connectivity index (χ0n) is 15.1. The van der Waals surface area contributed by atoms with Crippen LogP contribution in [0.2, 0.25) is 0 Å². The van der Waals surface area contributed by atoms with E-state index in [4.69, 9.17) is 4.74 Å². The third kappa shape index (κ3) is 2.60. The van der Waals surface area contributed by atoms with Crippen molar-refractivity contribution in [2.45, 2.75) is 13.8 Å². The molecule has 4 aromatic heterocycles. The number of nitrogens with one attached hydrogen (secondary N) is 3. The maximum atomic E-state index is 12.5.